The van der Waals surface area contributed by atoms with Gasteiger partial charge in [0.05, 0.1) is 16.8 Å². The standard InChI is InChI=1S/C74H45N3/c1-5-19-46(20-6-1)57-39-61-62-40-58(47-21-7-2-8-22-47)60(49-25-11-4-12-26-49)42-66(62)74(65(61)41-59(57)48-23-9-3-10-24-48)64-34-14-13-31-55(64)73-67(74)43-63-54-32-15-27-50-28-16-33-56(70(50)54)72(63)71(73)53-37-68(51-29-17-35-75-44-51)77-69(38-53)52-30-18-36-76-45-52/h1-45H. The van der Waals surface area contributed by atoms with Crippen molar-refractivity contribution < 1.29 is 0 Å². The zero-order valence-electron chi connectivity index (χ0n) is 41.8. The van der Waals surface area contributed by atoms with Gasteiger partial charge >= 0.3 is 0 Å². The molecule has 0 unspecified atom stereocenters. The van der Waals surface area contributed by atoms with Crippen LogP contribution in [0, 0.1) is 0 Å². The molecule has 356 valence electrons. The molecule has 0 amide bonds. The van der Waals surface area contributed by atoms with Gasteiger partial charge in [0.2, 0.25) is 0 Å². The van der Waals surface area contributed by atoms with Gasteiger partial charge < -0.3 is 0 Å². The molecule has 3 aliphatic carbocycles. The maximum absolute atomic E-state index is 5.40. The molecule has 0 aliphatic heterocycles. The van der Waals surface area contributed by atoms with Crippen molar-refractivity contribution in [2.24, 2.45) is 0 Å². The lowest BCUT2D eigenvalue weighted by Gasteiger charge is -2.32. The molecule has 0 N–H and O–H groups in total. The van der Waals surface area contributed by atoms with E-state index in [0.29, 0.717) is 0 Å². The molecule has 3 aromatic heterocycles. The lowest BCUT2D eigenvalue weighted by Crippen LogP contribution is -2.26. The Morgan fingerprint density at radius 3 is 1.19 bits per heavy atom. The topological polar surface area (TPSA) is 38.7 Å². The number of aromatic nitrogens is 3. The Balaban J connectivity index is 1.11. The predicted molar refractivity (Wildman–Crippen MR) is 316 cm³/mol. The van der Waals surface area contributed by atoms with Gasteiger partial charge in [0.25, 0.3) is 0 Å². The Hall–Kier alpha value is -10.1. The van der Waals surface area contributed by atoms with E-state index in [-0.39, 0.29) is 0 Å². The normalized spacial score (nSPS) is 12.8. The minimum Gasteiger partial charge on any atom is -0.264 e. The van der Waals surface area contributed by atoms with Gasteiger partial charge in [-0.3, -0.25) is 9.97 Å². The van der Waals surface area contributed by atoms with Crippen LogP contribution in [0.4, 0.5) is 0 Å². The third-order valence-corrected chi connectivity index (χ3v) is 16.6. The van der Waals surface area contributed by atoms with Crippen molar-refractivity contribution in [3.63, 3.8) is 0 Å². The Kier molecular flexibility index (Phi) is 9.55. The number of nitrogens with zero attached hydrogens (tertiary/aromatic N) is 3. The first-order valence-corrected chi connectivity index (χ1v) is 26.5. The van der Waals surface area contributed by atoms with Gasteiger partial charge in [-0.05, 0) is 200 Å². The van der Waals surface area contributed by atoms with Gasteiger partial charge in [-0.25, -0.2) is 4.98 Å². The van der Waals surface area contributed by atoms with Crippen LogP contribution in [0.5, 0.6) is 0 Å². The van der Waals surface area contributed by atoms with E-state index in [1.54, 1.807) is 0 Å². The molecule has 16 rings (SSSR count). The van der Waals surface area contributed by atoms with E-state index < -0.39 is 5.41 Å². The summed E-state index contributed by atoms with van der Waals surface area (Å²) in [6, 6.07) is 92.5. The highest BCUT2D eigenvalue weighted by atomic mass is 14.7. The van der Waals surface area contributed by atoms with Gasteiger partial charge in [0.15, 0.2) is 0 Å². The molecule has 0 radical (unpaired) electrons. The van der Waals surface area contributed by atoms with Crippen LogP contribution in [0.1, 0.15) is 22.3 Å². The van der Waals surface area contributed by atoms with E-state index in [1.807, 2.05) is 36.9 Å². The molecule has 77 heavy (non-hydrogen) atoms. The van der Waals surface area contributed by atoms with Crippen LogP contribution in [-0.4, -0.2) is 15.0 Å². The summed E-state index contributed by atoms with van der Waals surface area (Å²) in [5, 5.41) is 2.52. The fourth-order valence-corrected chi connectivity index (χ4v) is 13.4. The lowest BCUT2D eigenvalue weighted by molar-refractivity contribution is 0.795. The van der Waals surface area contributed by atoms with Gasteiger partial charge in [0.1, 0.15) is 0 Å². The molecule has 3 heteroatoms. The second-order valence-corrected chi connectivity index (χ2v) is 20.6. The minimum absolute atomic E-state index is 0.758. The number of hydrogen-bond acceptors (Lipinski definition) is 3. The number of hydrogen-bond donors (Lipinski definition) is 0. The average Bonchev–Trinajstić information content (AvgIpc) is 3.24. The summed E-state index contributed by atoms with van der Waals surface area (Å²) in [4.78, 5) is 14.6. The fourth-order valence-electron chi connectivity index (χ4n) is 13.4. The summed E-state index contributed by atoms with van der Waals surface area (Å²) in [5.74, 6) is 0. The van der Waals surface area contributed by atoms with Crippen molar-refractivity contribution in [1.82, 2.24) is 15.0 Å². The van der Waals surface area contributed by atoms with E-state index in [9.17, 15) is 0 Å². The molecule has 0 atom stereocenters. The molecular formula is C74H45N3. The van der Waals surface area contributed by atoms with Crippen LogP contribution < -0.4 is 0 Å². The summed E-state index contributed by atoms with van der Waals surface area (Å²) in [7, 11) is 0. The molecule has 0 saturated heterocycles. The zero-order valence-corrected chi connectivity index (χ0v) is 41.8. The third-order valence-electron chi connectivity index (χ3n) is 16.6. The largest absolute Gasteiger partial charge is 0.264 e. The van der Waals surface area contributed by atoms with E-state index in [4.69, 9.17) is 4.98 Å². The summed E-state index contributed by atoms with van der Waals surface area (Å²) < 4.78 is 0. The summed E-state index contributed by atoms with van der Waals surface area (Å²) >= 11 is 0. The first-order chi connectivity index (χ1) is 38.2. The Morgan fingerprint density at radius 2 is 0.688 bits per heavy atom. The van der Waals surface area contributed by atoms with Crippen LogP contribution in [0.2, 0.25) is 0 Å². The number of rotatable bonds is 7. The summed E-state index contributed by atoms with van der Waals surface area (Å²) in [6.07, 6.45) is 7.51. The molecule has 3 heterocycles. The summed E-state index contributed by atoms with van der Waals surface area (Å²) in [6.45, 7) is 0. The molecule has 3 aliphatic rings. The van der Waals surface area contributed by atoms with E-state index in [1.165, 1.54) is 128 Å². The van der Waals surface area contributed by atoms with Crippen molar-refractivity contribution in [2.45, 2.75) is 5.41 Å². The molecule has 1 spiro atoms. The molecular weight excluding hydrogens is 931 g/mol. The van der Waals surface area contributed by atoms with Crippen LogP contribution >= 0.6 is 0 Å². The molecule has 3 nitrogen and oxygen atoms in total. The highest BCUT2D eigenvalue weighted by Gasteiger charge is 2.54. The second kappa shape index (κ2) is 17.0. The van der Waals surface area contributed by atoms with Crippen molar-refractivity contribution in [3.05, 3.63) is 296 Å². The van der Waals surface area contributed by atoms with E-state index in [0.717, 1.165) is 28.1 Å². The fraction of sp³-hybridized carbons (Fsp3) is 0.0135. The Labute approximate surface area is 447 Å². The first-order valence-electron chi connectivity index (χ1n) is 26.5. The van der Waals surface area contributed by atoms with Crippen LogP contribution in [0.3, 0.4) is 0 Å². The predicted octanol–water partition coefficient (Wildman–Crippen LogP) is 18.7. The molecule has 0 fully saturated rings. The number of pyridine rings is 3. The van der Waals surface area contributed by atoms with Gasteiger partial charge in [-0.15, -0.1) is 0 Å². The van der Waals surface area contributed by atoms with Gasteiger partial charge in [-0.2, -0.15) is 0 Å². The highest BCUT2D eigenvalue weighted by molar-refractivity contribution is 6.21. The van der Waals surface area contributed by atoms with Crippen LogP contribution in [-0.2, 0) is 5.41 Å². The smallest absolute Gasteiger partial charge is 0.0731 e. The average molecular weight is 976 g/mol. The molecule has 10 aromatic carbocycles. The monoisotopic (exact) mass is 975 g/mol. The molecule has 0 bridgehead atoms. The van der Waals surface area contributed by atoms with Crippen molar-refractivity contribution in [2.75, 3.05) is 0 Å². The Morgan fingerprint density at radius 1 is 0.247 bits per heavy atom. The maximum Gasteiger partial charge on any atom is 0.0731 e. The van der Waals surface area contributed by atoms with E-state index in [2.05, 4.69) is 247 Å². The highest BCUT2D eigenvalue weighted by Crippen LogP contribution is 2.68. The first kappa shape index (κ1) is 43.3. The molecule has 0 saturated carbocycles. The van der Waals surface area contributed by atoms with Crippen molar-refractivity contribution >= 4 is 10.8 Å². The third kappa shape index (κ3) is 6.41. The minimum atomic E-state index is -0.758. The van der Waals surface area contributed by atoms with Crippen LogP contribution in [0.15, 0.2) is 274 Å². The van der Waals surface area contributed by atoms with Crippen molar-refractivity contribution in [1.29, 1.82) is 0 Å². The second-order valence-electron chi connectivity index (χ2n) is 20.6. The van der Waals surface area contributed by atoms with Gasteiger partial charge in [0, 0.05) is 35.9 Å². The Bertz CT molecular complexity index is 4320. The number of benzene rings is 10. The van der Waals surface area contributed by atoms with Gasteiger partial charge in [-0.1, -0.05) is 182 Å². The quantitative estimate of drug-likeness (QED) is 0.160. The summed E-state index contributed by atoms with van der Waals surface area (Å²) in [5.41, 5.74) is 29.8. The van der Waals surface area contributed by atoms with Crippen molar-refractivity contribution in [3.8, 4) is 123 Å². The van der Waals surface area contributed by atoms with E-state index >= 15 is 0 Å². The SMILES string of the molecule is c1ccc(-c2cc3c(cc2-c2ccccc2)C2(c4cc(-c5ccccc5)c(-c5ccccc5)cc4-3)c3ccccc3-c3c2cc2c(c3-c3cc(-c4cccnc4)nc(-c4cccnc4)c3)-c3cccc4cccc-2c34)cc1. The maximum atomic E-state index is 5.40. The van der Waals surface area contributed by atoms with Crippen LogP contribution in [0.25, 0.3) is 133 Å². The zero-order chi connectivity index (χ0) is 50.6. The number of fused-ring (bicyclic) bond motifs is 13. The lowest BCUT2D eigenvalue weighted by atomic mass is 9.68. The molecule has 13 aromatic rings.